The fraction of sp³-hybridized carbons (Fsp3) is 0.333. The highest BCUT2D eigenvalue weighted by Crippen LogP contribution is 2.06. The average molecular weight is 238 g/mol. The predicted octanol–water partition coefficient (Wildman–Crippen LogP) is 1.92. The molecule has 0 aromatic carbocycles. The van der Waals surface area contributed by atoms with Crippen LogP contribution in [0.25, 0.3) is 0 Å². The van der Waals surface area contributed by atoms with E-state index in [0.29, 0.717) is 4.47 Å². The van der Waals surface area contributed by atoms with E-state index >= 15 is 0 Å². The molecule has 0 radical (unpaired) electrons. The maximum absolute atomic E-state index is 11.7. The molecule has 0 bridgehead atoms. The molecule has 0 aliphatic heterocycles. The smallest absolute Gasteiger partial charge is 0.255 e. The second kappa shape index (κ2) is 4.30. The summed E-state index contributed by atoms with van der Waals surface area (Å²) in [6, 6.07) is 0. The highest BCUT2D eigenvalue weighted by molar-refractivity contribution is 9.10. The van der Waals surface area contributed by atoms with Crippen molar-refractivity contribution in [3.05, 3.63) is 16.9 Å². The second-order valence-electron chi connectivity index (χ2n) is 2.00. The van der Waals surface area contributed by atoms with Crippen molar-refractivity contribution in [3.8, 4) is 0 Å². The third-order valence-corrected chi connectivity index (χ3v) is 1.44. The van der Waals surface area contributed by atoms with Crippen LogP contribution in [0, 0.1) is 0 Å². The lowest BCUT2D eigenvalue weighted by Crippen LogP contribution is -2.12. The zero-order valence-corrected chi connectivity index (χ0v) is 7.55. The summed E-state index contributed by atoms with van der Waals surface area (Å²) in [7, 11) is 0. The van der Waals surface area contributed by atoms with E-state index in [1.54, 1.807) is 0 Å². The lowest BCUT2D eigenvalue weighted by molar-refractivity contribution is 0.163. The zero-order chi connectivity index (χ0) is 8.97. The number of alkyl halides is 2. The Balaban J connectivity index is 2.48. The molecule has 0 spiro atoms. The molecule has 1 aromatic rings. The summed E-state index contributed by atoms with van der Waals surface area (Å²) in [5.41, 5.74) is 0. The molecule has 1 rings (SSSR count). The summed E-state index contributed by atoms with van der Waals surface area (Å²) in [5, 5.41) is 2.38. The Labute approximate surface area is 76.3 Å². The van der Waals surface area contributed by atoms with Crippen LogP contribution in [0.5, 0.6) is 0 Å². The van der Waals surface area contributed by atoms with Crippen LogP contribution in [0.4, 0.5) is 14.7 Å². The molecule has 0 amide bonds. The van der Waals surface area contributed by atoms with Gasteiger partial charge in [-0.2, -0.15) is 0 Å². The molecule has 0 aliphatic carbocycles. The van der Waals surface area contributed by atoms with Crippen molar-refractivity contribution < 1.29 is 8.78 Å². The van der Waals surface area contributed by atoms with Gasteiger partial charge in [0.2, 0.25) is 5.95 Å². The van der Waals surface area contributed by atoms with Crippen LogP contribution < -0.4 is 5.32 Å². The molecule has 0 saturated carbocycles. The number of anilines is 1. The second-order valence-corrected chi connectivity index (χ2v) is 2.91. The van der Waals surface area contributed by atoms with Gasteiger partial charge in [0, 0.05) is 12.4 Å². The molecule has 12 heavy (non-hydrogen) atoms. The summed E-state index contributed by atoms with van der Waals surface area (Å²) in [4.78, 5) is 7.50. The first kappa shape index (κ1) is 9.31. The molecular weight excluding hydrogens is 232 g/mol. The maximum Gasteiger partial charge on any atom is 0.255 e. The van der Waals surface area contributed by atoms with Gasteiger partial charge in [-0.25, -0.2) is 18.7 Å². The third-order valence-electron chi connectivity index (χ3n) is 1.03. The first-order chi connectivity index (χ1) is 5.68. The Morgan fingerprint density at radius 2 is 2.00 bits per heavy atom. The Bertz CT molecular complexity index is 239. The van der Waals surface area contributed by atoms with Crippen LogP contribution in [0.15, 0.2) is 16.9 Å². The Hall–Kier alpha value is -0.780. The van der Waals surface area contributed by atoms with E-state index in [2.05, 4.69) is 31.2 Å². The van der Waals surface area contributed by atoms with Gasteiger partial charge >= 0.3 is 0 Å². The van der Waals surface area contributed by atoms with Crippen molar-refractivity contribution >= 4 is 21.9 Å². The fourth-order valence-electron chi connectivity index (χ4n) is 0.572. The van der Waals surface area contributed by atoms with E-state index in [0.717, 1.165) is 0 Å². The van der Waals surface area contributed by atoms with Crippen LogP contribution in [0.1, 0.15) is 0 Å². The van der Waals surface area contributed by atoms with Gasteiger partial charge in [-0.05, 0) is 15.9 Å². The van der Waals surface area contributed by atoms with Gasteiger partial charge in [-0.15, -0.1) is 0 Å². The summed E-state index contributed by atoms with van der Waals surface area (Å²) < 4.78 is 24.1. The van der Waals surface area contributed by atoms with Crippen LogP contribution >= 0.6 is 15.9 Å². The monoisotopic (exact) mass is 237 g/mol. The maximum atomic E-state index is 11.7. The quantitative estimate of drug-likeness (QED) is 0.873. The number of halogens is 3. The van der Waals surface area contributed by atoms with E-state index in [1.807, 2.05) is 0 Å². The van der Waals surface area contributed by atoms with E-state index in [9.17, 15) is 8.78 Å². The Morgan fingerprint density at radius 3 is 2.50 bits per heavy atom. The number of nitrogens with zero attached hydrogens (tertiary/aromatic N) is 2. The van der Waals surface area contributed by atoms with Crippen LogP contribution in [-0.4, -0.2) is 22.9 Å². The van der Waals surface area contributed by atoms with E-state index < -0.39 is 13.0 Å². The molecule has 0 unspecified atom stereocenters. The third kappa shape index (κ3) is 3.08. The molecule has 0 aliphatic rings. The fourth-order valence-corrected chi connectivity index (χ4v) is 0.777. The van der Waals surface area contributed by atoms with Gasteiger partial charge in [0.15, 0.2) is 0 Å². The summed E-state index contributed by atoms with van der Waals surface area (Å²) >= 11 is 3.12. The molecule has 0 atom stereocenters. The van der Waals surface area contributed by atoms with Gasteiger partial charge in [-0.3, -0.25) is 0 Å². The minimum absolute atomic E-state index is 0.207. The van der Waals surface area contributed by atoms with Crippen LogP contribution in [0.2, 0.25) is 0 Å². The first-order valence-corrected chi connectivity index (χ1v) is 3.97. The van der Waals surface area contributed by atoms with Crippen molar-refractivity contribution in [1.29, 1.82) is 0 Å². The minimum atomic E-state index is -2.39. The van der Waals surface area contributed by atoms with Gasteiger partial charge in [-0.1, -0.05) is 0 Å². The van der Waals surface area contributed by atoms with Gasteiger partial charge in [0.25, 0.3) is 6.43 Å². The lowest BCUT2D eigenvalue weighted by Gasteiger charge is -2.01. The molecule has 1 N–H and O–H groups in total. The Morgan fingerprint density at radius 1 is 1.42 bits per heavy atom. The molecule has 6 heteroatoms. The highest BCUT2D eigenvalue weighted by atomic mass is 79.9. The zero-order valence-electron chi connectivity index (χ0n) is 5.97. The van der Waals surface area contributed by atoms with E-state index in [-0.39, 0.29) is 5.95 Å². The number of hydrogen-bond donors (Lipinski definition) is 1. The molecule has 1 heterocycles. The SMILES string of the molecule is FC(F)CNc1ncc(Br)cn1. The van der Waals surface area contributed by atoms with Crippen LogP contribution in [0.3, 0.4) is 0 Å². The number of rotatable bonds is 3. The van der Waals surface area contributed by atoms with Crippen molar-refractivity contribution in [1.82, 2.24) is 9.97 Å². The number of nitrogens with one attached hydrogen (secondary N) is 1. The highest BCUT2D eigenvalue weighted by Gasteiger charge is 2.02. The van der Waals surface area contributed by atoms with Crippen molar-refractivity contribution in [2.45, 2.75) is 6.43 Å². The Kier molecular flexibility index (Phi) is 3.33. The standard InChI is InChI=1S/C6H6BrF2N3/c7-4-1-10-6(11-2-4)12-3-5(8)9/h1-2,5H,3H2,(H,10,11,12). The van der Waals surface area contributed by atoms with Gasteiger partial charge < -0.3 is 5.32 Å². The molecule has 0 fully saturated rings. The largest absolute Gasteiger partial charge is 0.348 e. The number of hydrogen-bond acceptors (Lipinski definition) is 3. The summed E-state index contributed by atoms with van der Waals surface area (Å²) in [6.45, 7) is -0.429. The van der Waals surface area contributed by atoms with Gasteiger partial charge in [0.05, 0.1) is 11.0 Å². The normalized spacial score (nSPS) is 10.3. The minimum Gasteiger partial charge on any atom is -0.348 e. The lowest BCUT2D eigenvalue weighted by atomic mass is 10.6. The van der Waals surface area contributed by atoms with Crippen molar-refractivity contribution in [2.75, 3.05) is 11.9 Å². The average Bonchev–Trinajstić information content (AvgIpc) is 2.03. The molecular formula is C6H6BrF2N3. The van der Waals surface area contributed by atoms with E-state index in [1.165, 1.54) is 12.4 Å². The van der Waals surface area contributed by atoms with Crippen molar-refractivity contribution in [2.24, 2.45) is 0 Å². The molecule has 66 valence electrons. The van der Waals surface area contributed by atoms with Crippen LogP contribution in [-0.2, 0) is 0 Å². The number of aromatic nitrogens is 2. The topological polar surface area (TPSA) is 37.8 Å². The first-order valence-electron chi connectivity index (χ1n) is 3.18. The summed E-state index contributed by atoms with van der Waals surface area (Å²) in [6.07, 6.45) is 0.582. The molecule has 3 nitrogen and oxygen atoms in total. The molecule has 0 saturated heterocycles. The summed E-state index contributed by atoms with van der Waals surface area (Å²) in [5.74, 6) is 0.207. The van der Waals surface area contributed by atoms with Gasteiger partial charge in [0.1, 0.15) is 0 Å². The van der Waals surface area contributed by atoms with Crippen molar-refractivity contribution in [3.63, 3.8) is 0 Å². The predicted molar refractivity (Wildman–Crippen MR) is 44.2 cm³/mol. The van der Waals surface area contributed by atoms with E-state index in [4.69, 9.17) is 0 Å². The molecule has 1 aromatic heterocycles.